The van der Waals surface area contributed by atoms with Crippen LogP contribution in [0.2, 0.25) is 0 Å². The van der Waals surface area contributed by atoms with Crippen LogP contribution in [0.15, 0.2) is 4.58 Å². The quantitative estimate of drug-likeness (QED) is 0.207. The van der Waals surface area contributed by atoms with Gasteiger partial charge in [-0.05, 0) is 13.8 Å². The Morgan fingerprint density at radius 2 is 2.00 bits per heavy atom. The molecule has 144 valence electrons. The zero-order valence-corrected chi connectivity index (χ0v) is 14.8. The van der Waals surface area contributed by atoms with Crippen molar-refractivity contribution in [3.8, 4) is 0 Å². The van der Waals surface area contributed by atoms with E-state index in [1.165, 1.54) is 20.8 Å². The van der Waals surface area contributed by atoms with Crippen molar-refractivity contribution < 1.29 is 34.8 Å². The van der Waals surface area contributed by atoms with Gasteiger partial charge in [-0.3, -0.25) is 9.59 Å². The van der Waals surface area contributed by atoms with Crippen LogP contribution in [0.5, 0.6) is 0 Å². The van der Waals surface area contributed by atoms with Crippen LogP contribution in [0.25, 0.3) is 0 Å². The Kier molecular flexibility index (Phi) is 7.28. The van der Waals surface area contributed by atoms with Gasteiger partial charge in [0.2, 0.25) is 17.6 Å². The minimum absolute atomic E-state index is 0.448. The number of aliphatic hydroxyl groups is 4. The molecule has 6 N–H and O–H groups in total. The lowest BCUT2D eigenvalue weighted by Gasteiger charge is -2.42. The van der Waals surface area contributed by atoms with Crippen LogP contribution in [0.4, 0.5) is 0 Å². The van der Waals surface area contributed by atoms with Gasteiger partial charge in [-0.15, -0.1) is 4.91 Å². The zero-order valence-electron chi connectivity index (χ0n) is 14.0. The predicted octanol–water partition coefficient (Wildman–Crippen LogP) is -2.40. The molecule has 5 atom stereocenters. The number of rotatable bonds is 7. The second-order valence-corrected chi connectivity index (χ2v) is 7.66. The summed E-state index contributed by atoms with van der Waals surface area (Å²) in [5.41, 5.74) is 0. The molecule has 0 bridgehead atoms. The van der Waals surface area contributed by atoms with E-state index < -0.39 is 59.9 Å². The predicted molar refractivity (Wildman–Crippen MR) is 87.0 cm³/mol. The summed E-state index contributed by atoms with van der Waals surface area (Å²) < 4.78 is 6.50. The average molecular weight is 381 g/mol. The second kappa shape index (κ2) is 8.38. The highest BCUT2D eigenvalue weighted by Crippen LogP contribution is 2.29. The normalized spacial score (nSPS) is 31.1. The minimum Gasteiger partial charge on any atom is -0.388 e. The van der Waals surface area contributed by atoms with Crippen molar-refractivity contribution in [1.29, 1.82) is 0 Å². The molecule has 0 saturated carbocycles. The van der Waals surface area contributed by atoms with Crippen molar-refractivity contribution in [3.63, 3.8) is 0 Å². The van der Waals surface area contributed by atoms with E-state index in [0.29, 0.717) is 11.9 Å². The maximum Gasteiger partial charge on any atom is 0.244 e. The van der Waals surface area contributed by atoms with E-state index in [9.17, 15) is 34.9 Å². The molecule has 0 aromatic rings. The van der Waals surface area contributed by atoms with Crippen LogP contribution >= 0.6 is 11.9 Å². The molecule has 0 spiro atoms. The van der Waals surface area contributed by atoms with Crippen LogP contribution in [0.1, 0.15) is 20.8 Å². The maximum absolute atomic E-state index is 12.4. The molecule has 25 heavy (non-hydrogen) atoms. The minimum atomic E-state index is -2.32. The Balaban J connectivity index is 2.83. The van der Waals surface area contributed by atoms with Gasteiger partial charge in [0.1, 0.15) is 24.4 Å². The van der Waals surface area contributed by atoms with Crippen molar-refractivity contribution in [2.24, 2.45) is 4.58 Å². The van der Waals surface area contributed by atoms with Crippen molar-refractivity contribution in [1.82, 2.24) is 10.6 Å². The van der Waals surface area contributed by atoms with Crippen LogP contribution in [-0.2, 0) is 14.3 Å². The molecule has 12 heteroatoms. The van der Waals surface area contributed by atoms with E-state index in [1.54, 1.807) is 0 Å². The summed E-state index contributed by atoms with van der Waals surface area (Å²) in [5.74, 6) is -3.61. The van der Waals surface area contributed by atoms with Crippen molar-refractivity contribution in [3.05, 3.63) is 4.91 Å². The monoisotopic (exact) mass is 381 g/mol. The summed E-state index contributed by atoms with van der Waals surface area (Å²) in [4.78, 5) is 34.2. The molecule has 11 nitrogen and oxygen atoms in total. The van der Waals surface area contributed by atoms with E-state index in [-0.39, 0.29) is 0 Å². The van der Waals surface area contributed by atoms with Crippen LogP contribution < -0.4 is 10.6 Å². The van der Waals surface area contributed by atoms with Gasteiger partial charge in [-0.25, -0.2) is 0 Å². The molecular formula is C13H23N3O8S. The molecule has 0 aromatic heterocycles. The third-order valence-electron chi connectivity index (χ3n) is 3.78. The summed E-state index contributed by atoms with van der Waals surface area (Å²) in [6, 6.07) is -1.17. The number of nitrogens with one attached hydrogen (secondary N) is 2. The molecule has 0 radical (unpaired) electrons. The molecule has 1 aliphatic heterocycles. The van der Waals surface area contributed by atoms with E-state index in [1.807, 2.05) is 0 Å². The summed E-state index contributed by atoms with van der Waals surface area (Å²) in [7, 11) is 0. The zero-order chi connectivity index (χ0) is 19.4. The fourth-order valence-corrected chi connectivity index (χ4v) is 2.73. The first-order valence-electron chi connectivity index (χ1n) is 7.41. The average Bonchev–Trinajstić information content (AvgIpc) is 2.52. The number of aliphatic hydroxyl groups excluding tert-OH is 3. The number of carbonyl (C=O) groups excluding carboxylic acids is 2. The van der Waals surface area contributed by atoms with E-state index in [4.69, 9.17) is 4.74 Å². The fraction of sp³-hybridized carbons (Fsp3) is 0.846. The fourth-order valence-electron chi connectivity index (χ4n) is 2.27. The first kappa shape index (κ1) is 21.7. The van der Waals surface area contributed by atoms with Crippen molar-refractivity contribution in [2.75, 3.05) is 13.2 Å². The Morgan fingerprint density at radius 3 is 2.52 bits per heavy atom. The number of ether oxygens (including phenoxy) is 1. The second-order valence-electron chi connectivity index (χ2n) is 6.28. The van der Waals surface area contributed by atoms with Gasteiger partial charge in [0, 0.05) is 23.5 Å². The smallest absolute Gasteiger partial charge is 0.244 e. The van der Waals surface area contributed by atoms with Gasteiger partial charge in [0.15, 0.2) is 0 Å². The molecule has 1 saturated heterocycles. The standard InChI is InChI=1S/C13H23N3O8S/c1-6(17)15-9(12(2,3)25-16-23)11(21)14-5-13(22)10(20)8(19)7(18)4-24-13/h7-10,18-20,22H,4-5H2,1-3H3,(H,14,21)(H,15,17)/t7-,8-,9+,10+,13-/m1/s1. The summed E-state index contributed by atoms with van der Waals surface area (Å²) in [6.45, 7) is 3.15. The first-order chi connectivity index (χ1) is 11.4. The number of nitroso groups, excluding NO2 is 1. The third-order valence-corrected chi connectivity index (χ3v) is 4.56. The van der Waals surface area contributed by atoms with E-state index >= 15 is 0 Å². The Morgan fingerprint density at radius 1 is 1.40 bits per heavy atom. The molecular weight excluding hydrogens is 358 g/mol. The largest absolute Gasteiger partial charge is 0.388 e. The van der Waals surface area contributed by atoms with E-state index in [2.05, 4.69) is 15.2 Å². The summed E-state index contributed by atoms with van der Waals surface area (Å²) >= 11 is 0.551. The molecule has 0 aliphatic carbocycles. The lowest BCUT2D eigenvalue weighted by atomic mass is 9.96. The lowest BCUT2D eigenvalue weighted by molar-refractivity contribution is -0.317. The molecule has 1 fully saturated rings. The van der Waals surface area contributed by atoms with Gasteiger partial charge in [0.05, 0.1) is 17.9 Å². The summed E-state index contributed by atoms with van der Waals surface area (Å²) in [6.07, 6.45) is -4.91. The van der Waals surface area contributed by atoms with Gasteiger partial charge in [0.25, 0.3) is 0 Å². The Hall–Kier alpha value is -1.31. The molecule has 2 amide bonds. The highest BCUT2D eigenvalue weighted by molar-refractivity contribution is 7.99. The third kappa shape index (κ3) is 5.33. The Labute approximate surface area is 148 Å². The molecule has 1 heterocycles. The van der Waals surface area contributed by atoms with Crippen molar-refractivity contribution in [2.45, 2.75) is 55.7 Å². The highest BCUT2D eigenvalue weighted by atomic mass is 32.2. The van der Waals surface area contributed by atoms with Gasteiger partial charge in [-0.2, -0.15) is 0 Å². The van der Waals surface area contributed by atoms with Crippen LogP contribution in [0, 0.1) is 4.91 Å². The number of nitrogens with zero attached hydrogens (tertiary/aromatic N) is 1. The number of hydrogen-bond donors (Lipinski definition) is 6. The van der Waals surface area contributed by atoms with E-state index in [0.717, 1.165) is 0 Å². The number of hydrogen-bond acceptors (Lipinski definition) is 10. The van der Waals surface area contributed by atoms with Gasteiger partial charge >= 0.3 is 0 Å². The molecule has 0 unspecified atom stereocenters. The topological polar surface area (TPSA) is 178 Å². The highest BCUT2D eigenvalue weighted by Gasteiger charge is 2.49. The summed E-state index contributed by atoms with van der Waals surface area (Å²) in [5, 5.41) is 43.7. The van der Waals surface area contributed by atoms with Gasteiger partial charge < -0.3 is 35.8 Å². The van der Waals surface area contributed by atoms with Crippen molar-refractivity contribution >= 4 is 23.8 Å². The SMILES string of the molecule is CC(=O)N[C@@H](C(=O)NC[C@@]1(O)OC[C@@H](O)[C@@H](O)[C@@H]1O)C(C)(C)SN=O. The number of amides is 2. The molecule has 0 aromatic carbocycles. The lowest BCUT2D eigenvalue weighted by Crippen LogP contribution is -2.66. The van der Waals surface area contributed by atoms with Crippen LogP contribution in [-0.4, -0.2) is 80.3 Å². The molecule has 1 aliphatic rings. The number of carbonyl (C=O) groups is 2. The Bertz CT molecular complexity index is 520. The van der Waals surface area contributed by atoms with Crippen LogP contribution in [0.3, 0.4) is 0 Å². The first-order valence-corrected chi connectivity index (χ1v) is 8.18. The van der Waals surface area contributed by atoms with Gasteiger partial charge in [-0.1, -0.05) is 0 Å². The molecule has 1 rings (SSSR count). The maximum atomic E-state index is 12.4.